The van der Waals surface area contributed by atoms with Crippen molar-refractivity contribution in [2.24, 2.45) is 5.41 Å². The van der Waals surface area contributed by atoms with Gasteiger partial charge in [0.15, 0.2) is 9.84 Å². The van der Waals surface area contributed by atoms with Crippen molar-refractivity contribution in [2.45, 2.75) is 20.3 Å². The van der Waals surface area contributed by atoms with Gasteiger partial charge in [-0.2, -0.15) is 0 Å². The van der Waals surface area contributed by atoms with E-state index in [1.807, 2.05) is 0 Å². The molecule has 0 radical (unpaired) electrons. The van der Waals surface area contributed by atoms with Gasteiger partial charge in [-0.25, -0.2) is 13.2 Å². The topological polar surface area (TPSA) is 121 Å². The third-order valence-electron chi connectivity index (χ3n) is 3.06. The van der Waals surface area contributed by atoms with Crippen LogP contribution in [0.3, 0.4) is 0 Å². The van der Waals surface area contributed by atoms with E-state index in [2.05, 4.69) is 5.32 Å². The Morgan fingerprint density at radius 2 is 1.70 bits per heavy atom. The number of urea groups is 1. The molecule has 0 aromatic heterocycles. The molecule has 1 fully saturated rings. The maximum Gasteiger partial charge on any atom is 0.324 e. The first-order valence-electron chi connectivity index (χ1n) is 6.06. The molecule has 0 aliphatic carbocycles. The number of rotatable bonds is 3. The molecule has 2 N–H and O–H groups in total. The van der Waals surface area contributed by atoms with Gasteiger partial charge in [0.1, 0.15) is 0 Å². The highest BCUT2D eigenvalue weighted by molar-refractivity contribution is 7.91. The summed E-state index contributed by atoms with van der Waals surface area (Å²) in [7, 11) is -3.10. The maximum absolute atomic E-state index is 11.7. The molecule has 1 aliphatic rings. The highest BCUT2D eigenvalue weighted by atomic mass is 32.2. The number of aliphatic carboxylic acids is 1. The van der Waals surface area contributed by atoms with Gasteiger partial charge in [-0.05, 0) is 13.8 Å². The maximum atomic E-state index is 11.7. The lowest BCUT2D eigenvalue weighted by atomic mass is 9.89. The van der Waals surface area contributed by atoms with E-state index in [9.17, 15) is 22.8 Å². The van der Waals surface area contributed by atoms with Crippen molar-refractivity contribution in [3.8, 4) is 0 Å². The Morgan fingerprint density at radius 1 is 1.20 bits per heavy atom. The predicted molar refractivity (Wildman–Crippen MR) is 69.8 cm³/mol. The zero-order valence-electron chi connectivity index (χ0n) is 11.4. The predicted octanol–water partition coefficient (Wildman–Crippen LogP) is -0.546. The van der Waals surface area contributed by atoms with Gasteiger partial charge in [0.25, 0.3) is 0 Å². The lowest BCUT2D eigenvalue weighted by Gasteiger charge is -2.27. The minimum absolute atomic E-state index is 0.0315. The quantitative estimate of drug-likeness (QED) is 0.722. The monoisotopic (exact) mass is 306 g/mol. The van der Waals surface area contributed by atoms with Gasteiger partial charge in [0.05, 0.1) is 16.9 Å². The number of hydrogen-bond acceptors (Lipinski definition) is 5. The Labute approximate surface area is 117 Å². The average Bonchev–Trinajstić information content (AvgIpc) is 2.27. The smallest absolute Gasteiger partial charge is 0.324 e. The molecule has 0 aromatic rings. The lowest BCUT2D eigenvalue weighted by Crippen LogP contribution is -2.50. The summed E-state index contributed by atoms with van der Waals surface area (Å²) >= 11 is 0. The third kappa shape index (κ3) is 4.48. The Hall–Kier alpha value is -1.64. The summed E-state index contributed by atoms with van der Waals surface area (Å²) in [5.74, 6) is -2.09. The molecule has 8 nitrogen and oxygen atoms in total. The SMILES string of the molecule is CC(C)(CC(=O)NC(=O)N1CCS(=O)(=O)CC1)C(=O)O. The first kappa shape index (κ1) is 16.4. The van der Waals surface area contributed by atoms with Gasteiger partial charge in [0, 0.05) is 19.5 Å². The standard InChI is InChI=1S/C11H18N2O6S/c1-11(2,9(15)16)7-8(14)12-10(17)13-3-5-20(18,19)6-4-13/h3-7H2,1-2H3,(H,15,16)(H,12,14,17). The fourth-order valence-electron chi connectivity index (χ4n) is 1.64. The molecule has 114 valence electrons. The number of hydrogen-bond donors (Lipinski definition) is 2. The molecular formula is C11H18N2O6S. The van der Waals surface area contributed by atoms with Gasteiger partial charge in [0.2, 0.25) is 5.91 Å². The highest BCUT2D eigenvalue weighted by Crippen LogP contribution is 2.20. The summed E-state index contributed by atoms with van der Waals surface area (Å²) in [4.78, 5) is 35.4. The Balaban J connectivity index is 2.51. The second-order valence-corrected chi connectivity index (χ2v) is 7.66. The Bertz CT molecular complexity index is 511. The van der Waals surface area contributed by atoms with Crippen LogP contribution in [0.4, 0.5) is 4.79 Å². The largest absolute Gasteiger partial charge is 0.481 e. The first-order chi connectivity index (χ1) is 9.03. The van der Waals surface area contributed by atoms with Crippen LogP contribution < -0.4 is 5.32 Å². The van der Waals surface area contributed by atoms with E-state index in [4.69, 9.17) is 5.11 Å². The van der Waals surface area contributed by atoms with Crippen molar-refractivity contribution in [2.75, 3.05) is 24.6 Å². The number of nitrogens with one attached hydrogen (secondary N) is 1. The number of nitrogens with zero attached hydrogens (tertiary/aromatic N) is 1. The van der Waals surface area contributed by atoms with Crippen molar-refractivity contribution in [3.63, 3.8) is 0 Å². The van der Waals surface area contributed by atoms with Crippen molar-refractivity contribution >= 4 is 27.7 Å². The van der Waals surface area contributed by atoms with Gasteiger partial charge < -0.3 is 10.0 Å². The summed E-state index contributed by atoms with van der Waals surface area (Å²) in [6.45, 7) is 2.83. The highest BCUT2D eigenvalue weighted by Gasteiger charge is 2.32. The fourth-order valence-corrected chi connectivity index (χ4v) is 2.84. The average molecular weight is 306 g/mol. The summed E-state index contributed by atoms with van der Waals surface area (Å²) < 4.78 is 22.4. The molecule has 1 aliphatic heterocycles. The van der Waals surface area contributed by atoms with E-state index in [1.165, 1.54) is 18.7 Å². The van der Waals surface area contributed by atoms with E-state index in [1.54, 1.807) is 0 Å². The number of carboxylic acids is 1. The molecule has 0 atom stereocenters. The minimum atomic E-state index is -3.10. The first-order valence-corrected chi connectivity index (χ1v) is 7.88. The Kier molecular flexibility index (Phi) is 4.74. The molecule has 3 amide bonds. The molecule has 0 saturated carbocycles. The second-order valence-electron chi connectivity index (χ2n) is 5.36. The molecule has 1 heterocycles. The zero-order chi connectivity index (χ0) is 15.6. The normalized spacial score (nSPS) is 18.4. The third-order valence-corrected chi connectivity index (χ3v) is 4.67. The van der Waals surface area contributed by atoms with E-state index in [-0.39, 0.29) is 31.0 Å². The number of sulfone groups is 1. The van der Waals surface area contributed by atoms with Crippen LogP contribution in [-0.4, -0.2) is 60.9 Å². The van der Waals surface area contributed by atoms with Crippen molar-refractivity contribution in [3.05, 3.63) is 0 Å². The van der Waals surface area contributed by atoms with E-state index in [0.717, 1.165) is 0 Å². The molecule has 1 rings (SSSR count). The van der Waals surface area contributed by atoms with Crippen LogP contribution in [0.25, 0.3) is 0 Å². The van der Waals surface area contributed by atoms with Crippen LogP contribution in [-0.2, 0) is 19.4 Å². The van der Waals surface area contributed by atoms with Gasteiger partial charge in [-0.1, -0.05) is 0 Å². The molecular weight excluding hydrogens is 288 g/mol. The van der Waals surface area contributed by atoms with Crippen LogP contribution in [0, 0.1) is 5.41 Å². The lowest BCUT2D eigenvalue weighted by molar-refractivity contribution is -0.149. The number of carbonyl (C=O) groups excluding carboxylic acids is 2. The summed E-state index contributed by atoms with van der Waals surface area (Å²) in [6.07, 6.45) is -0.333. The molecule has 0 spiro atoms. The zero-order valence-corrected chi connectivity index (χ0v) is 12.2. The molecule has 1 saturated heterocycles. The molecule has 20 heavy (non-hydrogen) atoms. The van der Waals surface area contributed by atoms with Crippen LogP contribution in [0.1, 0.15) is 20.3 Å². The van der Waals surface area contributed by atoms with Gasteiger partial charge in [-0.3, -0.25) is 14.9 Å². The van der Waals surface area contributed by atoms with Crippen LogP contribution in [0.5, 0.6) is 0 Å². The molecule has 0 aromatic carbocycles. The molecule has 9 heteroatoms. The minimum Gasteiger partial charge on any atom is -0.481 e. The number of carbonyl (C=O) groups is 3. The van der Waals surface area contributed by atoms with Crippen molar-refractivity contribution in [1.82, 2.24) is 10.2 Å². The number of amides is 3. The summed E-state index contributed by atoms with van der Waals surface area (Å²) in [5.41, 5.74) is -1.27. The van der Waals surface area contributed by atoms with Gasteiger partial charge in [-0.15, -0.1) is 0 Å². The van der Waals surface area contributed by atoms with E-state index >= 15 is 0 Å². The fraction of sp³-hybridized carbons (Fsp3) is 0.727. The summed E-state index contributed by atoms with van der Waals surface area (Å²) in [6, 6.07) is -0.689. The molecule has 0 bridgehead atoms. The summed E-state index contributed by atoms with van der Waals surface area (Å²) in [5, 5.41) is 11.0. The number of imide groups is 1. The Morgan fingerprint density at radius 3 is 2.15 bits per heavy atom. The van der Waals surface area contributed by atoms with E-state index < -0.39 is 33.2 Å². The van der Waals surface area contributed by atoms with Crippen molar-refractivity contribution in [1.29, 1.82) is 0 Å². The van der Waals surface area contributed by atoms with Crippen molar-refractivity contribution < 1.29 is 27.9 Å². The van der Waals surface area contributed by atoms with Crippen LogP contribution >= 0.6 is 0 Å². The number of carboxylic acid groups (broad SMARTS) is 1. The molecule has 0 unspecified atom stereocenters. The van der Waals surface area contributed by atoms with Crippen LogP contribution in [0.2, 0.25) is 0 Å². The van der Waals surface area contributed by atoms with Gasteiger partial charge >= 0.3 is 12.0 Å². The van der Waals surface area contributed by atoms with E-state index in [0.29, 0.717) is 0 Å². The second kappa shape index (κ2) is 5.78. The van der Waals surface area contributed by atoms with Crippen LogP contribution in [0.15, 0.2) is 0 Å².